The minimum atomic E-state index is -2.58. The van der Waals surface area contributed by atoms with Gasteiger partial charge in [-0.15, -0.1) is 0 Å². The van der Waals surface area contributed by atoms with E-state index in [1.165, 1.54) is 6.20 Å². The van der Waals surface area contributed by atoms with Gasteiger partial charge in [0.15, 0.2) is 0 Å². The Balaban J connectivity index is 2.17. The van der Waals surface area contributed by atoms with Gasteiger partial charge < -0.3 is 4.74 Å². The number of pyridine rings is 1. The number of aryl methyl sites for hydroxylation is 1. The van der Waals surface area contributed by atoms with E-state index >= 15 is 0 Å². The molecule has 1 aromatic heterocycles. The standard InChI is InChI=1S/C19H20F2N2O/c1-11-9-13(10-22-16(11)18(20)21)17-14-7-5-6-8-15(14)24-19(3,4)12(2)23-17/h5-10,12,18H,1-4H3. The van der Waals surface area contributed by atoms with Crippen molar-refractivity contribution in [3.63, 3.8) is 0 Å². The molecule has 0 amide bonds. The minimum absolute atomic E-state index is 0.102. The molecule has 1 aliphatic rings. The molecule has 2 aromatic rings. The Morgan fingerprint density at radius 3 is 2.58 bits per heavy atom. The van der Waals surface area contributed by atoms with Crippen LogP contribution in [0, 0.1) is 6.92 Å². The molecule has 1 atom stereocenters. The number of ether oxygens (including phenoxy) is 1. The van der Waals surface area contributed by atoms with Crippen molar-refractivity contribution < 1.29 is 13.5 Å². The van der Waals surface area contributed by atoms with Crippen LogP contribution in [-0.2, 0) is 0 Å². The molecule has 5 heteroatoms. The molecular formula is C19H20F2N2O. The van der Waals surface area contributed by atoms with E-state index in [-0.39, 0.29) is 11.7 Å². The number of benzene rings is 1. The number of aromatic nitrogens is 1. The summed E-state index contributed by atoms with van der Waals surface area (Å²) in [7, 11) is 0. The fourth-order valence-corrected chi connectivity index (χ4v) is 2.71. The number of fused-ring (bicyclic) bond motifs is 1. The van der Waals surface area contributed by atoms with Crippen LogP contribution in [0.2, 0.25) is 0 Å². The van der Waals surface area contributed by atoms with Gasteiger partial charge in [0.2, 0.25) is 0 Å². The van der Waals surface area contributed by atoms with Crippen LogP contribution in [0.15, 0.2) is 41.5 Å². The normalized spacial score (nSPS) is 19.3. The summed E-state index contributed by atoms with van der Waals surface area (Å²) < 4.78 is 32.1. The zero-order valence-corrected chi connectivity index (χ0v) is 14.2. The summed E-state index contributed by atoms with van der Waals surface area (Å²) >= 11 is 0. The minimum Gasteiger partial charge on any atom is -0.485 e. The molecule has 0 N–H and O–H groups in total. The van der Waals surface area contributed by atoms with Gasteiger partial charge in [-0.3, -0.25) is 9.98 Å². The van der Waals surface area contributed by atoms with Crippen LogP contribution >= 0.6 is 0 Å². The Bertz CT molecular complexity index is 800. The van der Waals surface area contributed by atoms with E-state index in [9.17, 15) is 8.78 Å². The monoisotopic (exact) mass is 330 g/mol. The van der Waals surface area contributed by atoms with E-state index in [1.54, 1.807) is 13.0 Å². The van der Waals surface area contributed by atoms with Crippen molar-refractivity contribution in [1.82, 2.24) is 4.98 Å². The van der Waals surface area contributed by atoms with Crippen molar-refractivity contribution in [1.29, 1.82) is 0 Å². The van der Waals surface area contributed by atoms with Crippen LogP contribution in [0.3, 0.4) is 0 Å². The van der Waals surface area contributed by atoms with Gasteiger partial charge in [0.05, 0.1) is 11.8 Å². The molecule has 3 rings (SSSR count). The first kappa shape index (κ1) is 16.6. The smallest absolute Gasteiger partial charge is 0.280 e. The Labute approximate surface area is 140 Å². The maximum absolute atomic E-state index is 13.0. The van der Waals surface area contributed by atoms with E-state index < -0.39 is 12.0 Å². The van der Waals surface area contributed by atoms with Crippen LogP contribution in [0.5, 0.6) is 5.75 Å². The van der Waals surface area contributed by atoms with E-state index in [1.807, 2.05) is 45.0 Å². The fraction of sp³-hybridized carbons (Fsp3) is 0.368. The second-order valence-corrected chi connectivity index (χ2v) is 6.58. The van der Waals surface area contributed by atoms with Crippen molar-refractivity contribution in [2.45, 2.75) is 45.8 Å². The summed E-state index contributed by atoms with van der Waals surface area (Å²) in [6.07, 6.45) is -1.11. The number of halogens is 2. The third-order valence-electron chi connectivity index (χ3n) is 4.44. The first-order valence-electron chi connectivity index (χ1n) is 7.91. The van der Waals surface area contributed by atoms with Gasteiger partial charge in [0.1, 0.15) is 17.0 Å². The van der Waals surface area contributed by atoms with Gasteiger partial charge in [-0.1, -0.05) is 12.1 Å². The highest BCUT2D eigenvalue weighted by molar-refractivity contribution is 6.14. The highest BCUT2D eigenvalue weighted by Gasteiger charge is 2.33. The van der Waals surface area contributed by atoms with Crippen molar-refractivity contribution in [3.05, 3.63) is 58.9 Å². The average Bonchev–Trinajstić information content (AvgIpc) is 2.61. The molecule has 0 spiro atoms. The van der Waals surface area contributed by atoms with Crippen molar-refractivity contribution in [2.24, 2.45) is 4.99 Å². The molecule has 0 saturated heterocycles. The van der Waals surface area contributed by atoms with Crippen molar-refractivity contribution in [3.8, 4) is 5.75 Å². The highest BCUT2D eigenvalue weighted by Crippen LogP contribution is 2.33. The summed E-state index contributed by atoms with van der Waals surface area (Å²) in [4.78, 5) is 8.77. The molecule has 1 aromatic carbocycles. The van der Waals surface area contributed by atoms with E-state index in [4.69, 9.17) is 9.73 Å². The van der Waals surface area contributed by atoms with Gasteiger partial charge in [-0.05, 0) is 51.5 Å². The number of aliphatic imine (C=N–C) groups is 1. The summed E-state index contributed by atoms with van der Waals surface area (Å²) in [5.74, 6) is 0.737. The lowest BCUT2D eigenvalue weighted by Crippen LogP contribution is -2.38. The van der Waals surface area contributed by atoms with Gasteiger partial charge in [0, 0.05) is 17.3 Å². The zero-order chi connectivity index (χ0) is 17.5. The van der Waals surface area contributed by atoms with Crippen LogP contribution < -0.4 is 4.74 Å². The molecular weight excluding hydrogens is 310 g/mol. The lowest BCUT2D eigenvalue weighted by atomic mass is 10.00. The van der Waals surface area contributed by atoms with Gasteiger partial charge in [-0.2, -0.15) is 0 Å². The third kappa shape index (κ3) is 2.90. The molecule has 2 heterocycles. The van der Waals surface area contributed by atoms with Crippen LogP contribution in [0.4, 0.5) is 8.78 Å². The molecule has 1 unspecified atom stereocenters. The number of rotatable bonds is 2. The lowest BCUT2D eigenvalue weighted by Gasteiger charge is -2.28. The Hall–Kier alpha value is -2.30. The Morgan fingerprint density at radius 2 is 1.92 bits per heavy atom. The van der Waals surface area contributed by atoms with Crippen LogP contribution in [0.25, 0.3) is 0 Å². The predicted octanol–water partition coefficient (Wildman–Crippen LogP) is 4.72. The summed E-state index contributed by atoms with van der Waals surface area (Å²) in [5.41, 5.74) is 2.09. The topological polar surface area (TPSA) is 34.5 Å². The molecule has 0 saturated carbocycles. The van der Waals surface area contributed by atoms with E-state index in [0.717, 1.165) is 22.6 Å². The van der Waals surface area contributed by atoms with Crippen LogP contribution in [-0.4, -0.2) is 22.3 Å². The molecule has 24 heavy (non-hydrogen) atoms. The quantitative estimate of drug-likeness (QED) is 0.798. The van der Waals surface area contributed by atoms with E-state index in [2.05, 4.69) is 4.98 Å². The Morgan fingerprint density at radius 1 is 1.21 bits per heavy atom. The molecule has 126 valence electrons. The first-order valence-corrected chi connectivity index (χ1v) is 7.91. The summed E-state index contributed by atoms with van der Waals surface area (Å²) in [6.45, 7) is 7.61. The molecule has 0 bridgehead atoms. The molecule has 0 radical (unpaired) electrons. The van der Waals surface area contributed by atoms with Gasteiger partial charge in [-0.25, -0.2) is 8.78 Å². The summed E-state index contributed by atoms with van der Waals surface area (Å²) in [6, 6.07) is 9.27. The van der Waals surface area contributed by atoms with Crippen molar-refractivity contribution in [2.75, 3.05) is 0 Å². The number of para-hydroxylation sites is 1. The SMILES string of the molecule is Cc1cc(C2=NC(C)C(C)(C)Oc3ccccc32)cnc1C(F)F. The number of hydrogen-bond donors (Lipinski definition) is 0. The lowest BCUT2D eigenvalue weighted by molar-refractivity contribution is 0.0891. The molecule has 0 aliphatic carbocycles. The summed E-state index contributed by atoms with van der Waals surface area (Å²) in [5, 5.41) is 0. The molecule has 1 aliphatic heterocycles. The van der Waals surface area contributed by atoms with Crippen molar-refractivity contribution >= 4 is 5.71 Å². The van der Waals surface area contributed by atoms with E-state index in [0.29, 0.717) is 5.56 Å². The first-order chi connectivity index (χ1) is 11.3. The van der Waals surface area contributed by atoms with Gasteiger partial charge in [0.25, 0.3) is 6.43 Å². The number of hydrogen-bond acceptors (Lipinski definition) is 3. The van der Waals surface area contributed by atoms with Crippen LogP contribution in [0.1, 0.15) is 49.6 Å². The highest BCUT2D eigenvalue weighted by atomic mass is 19.3. The predicted molar refractivity (Wildman–Crippen MR) is 90.2 cm³/mol. The zero-order valence-electron chi connectivity index (χ0n) is 14.2. The number of alkyl halides is 2. The second-order valence-electron chi connectivity index (χ2n) is 6.58. The maximum Gasteiger partial charge on any atom is 0.280 e. The fourth-order valence-electron chi connectivity index (χ4n) is 2.71. The Kier molecular flexibility index (Phi) is 4.11. The largest absolute Gasteiger partial charge is 0.485 e. The number of nitrogens with zero attached hydrogens (tertiary/aromatic N) is 2. The second kappa shape index (κ2) is 5.96. The molecule has 0 fully saturated rings. The third-order valence-corrected chi connectivity index (χ3v) is 4.44. The average molecular weight is 330 g/mol. The molecule has 3 nitrogen and oxygen atoms in total. The maximum atomic E-state index is 13.0. The van der Waals surface area contributed by atoms with Gasteiger partial charge >= 0.3 is 0 Å².